The first-order valence-corrected chi connectivity index (χ1v) is 3.33. The molecule has 0 atom stereocenters. The van der Waals surface area contributed by atoms with Crippen LogP contribution in [0.15, 0.2) is 12.1 Å². The lowest BCUT2D eigenvalue weighted by molar-refractivity contribution is -0.742. The standard InChI is InChI=1S/C6H5F3N2.HNO3/c7-3-1-4(8)6(9)5(2-3)11-10;2-1(3)4/h1-2,11H,10H2;(H,2,3,4). The molecule has 0 saturated carbocycles. The lowest BCUT2D eigenvalue weighted by Crippen LogP contribution is -2.09. The molecule has 0 aliphatic heterocycles. The van der Waals surface area contributed by atoms with Crippen molar-refractivity contribution in [3.63, 3.8) is 0 Å². The second-order valence-electron chi connectivity index (χ2n) is 2.13. The minimum atomic E-state index is -1.50. The molecule has 1 aromatic rings. The SMILES string of the molecule is NNc1cc(F)cc(F)c1F.O=[N+]([O-])O. The largest absolute Gasteiger partial charge is 0.328 e. The summed E-state index contributed by atoms with van der Waals surface area (Å²) in [7, 11) is 0. The Balaban J connectivity index is 0.000000423. The van der Waals surface area contributed by atoms with Gasteiger partial charge < -0.3 is 10.6 Å². The van der Waals surface area contributed by atoms with Gasteiger partial charge >= 0.3 is 0 Å². The van der Waals surface area contributed by atoms with Gasteiger partial charge in [0.25, 0.3) is 5.09 Å². The van der Waals surface area contributed by atoms with Gasteiger partial charge in [-0.1, -0.05) is 0 Å². The van der Waals surface area contributed by atoms with E-state index in [0.29, 0.717) is 6.07 Å². The molecule has 0 amide bonds. The number of hydrogen-bond donors (Lipinski definition) is 3. The van der Waals surface area contributed by atoms with Gasteiger partial charge in [-0.15, -0.1) is 10.1 Å². The smallest absolute Gasteiger partial charge is 0.291 e. The van der Waals surface area contributed by atoms with Gasteiger partial charge in [-0.25, -0.2) is 13.2 Å². The molecule has 6 nitrogen and oxygen atoms in total. The molecular weight excluding hydrogens is 219 g/mol. The third-order valence-corrected chi connectivity index (χ3v) is 1.15. The summed E-state index contributed by atoms with van der Waals surface area (Å²) < 4.78 is 37.1. The zero-order chi connectivity index (χ0) is 12.0. The predicted molar refractivity (Wildman–Crippen MR) is 42.9 cm³/mol. The summed E-state index contributed by atoms with van der Waals surface area (Å²) in [4.78, 5) is 8.36. The van der Waals surface area contributed by atoms with Crippen LogP contribution in [0.3, 0.4) is 0 Å². The molecule has 9 heteroatoms. The Bertz CT molecular complexity index is 357. The number of hydrogen-bond acceptors (Lipinski definition) is 4. The van der Waals surface area contributed by atoms with Gasteiger partial charge in [0, 0.05) is 12.1 Å². The first kappa shape index (κ1) is 13.0. The summed E-state index contributed by atoms with van der Waals surface area (Å²) in [5.74, 6) is 1.44. The van der Waals surface area contributed by atoms with Crippen LogP contribution in [0.5, 0.6) is 0 Å². The van der Waals surface area contributed by atoms with E-state index in [1.807, 2.05) is 5.43 Å². The minimum absolute atomic E-state index is 0.400. The molecule has 15 heavy (non-hydrogen) atoms. The van der Waals surface area contributed by atoms with Crippen LogP contribution >= 0.6 is 0 Å². The zero-order valence-electron chi connectivity index (χ0n) is 7.08. The average Bonchev–Trinajstić information content (AvgIpc) is 2.10. The molecule has 0 heterocycles. The van der Waals surface area contributed by atoms with Gasteiger partial charge in [-0.3, -0.25) is 5.84 Å². The number of halogens is 3. The van der Waals surface area contributed by atoms with Crippen LogP contribution in [0.2, 0.25) is 0 Å². The van der Waals surface area contributed by atoms with Crippen LogP contribution in [0.4, 0.5) is 18.9 Å². The number of nitrogen functional groups attached to an aromatic ring is 1. The number of anilines is 1. The minimum Gasteiger partial charge on any atom is -0.328 e. The third kappa shape index (κ3) is 4.67. The molecule has 0 unspecified atom stereocenters. The number of nitrogens with zero attached hydrogens (tertiary/aromatic N) is 1. The summed E-state index contributed by atoms with van der Waals surface area (Å²) in [6, 6.07) is 1.20. The molecule has 0 fully saturated rings. The van der Waals surface area contributed by atoms with Gasteiger partial charge in [0.2, 0.25) is 0 Å². The molecule has 0 aliphatic rings. The van der Waals surface area contributed by atoms with Crippen molar-refractivity contribution in [3.05, 3.63) is 39.7 Å². The molecule has 4 N–H and O–H groups in total. The average molecular weight is 225 g/mol. The fourth-order valence-electron chi connectivity index (χ4n) is 0.661. The summed E-state index contributed by atoms with van der Waals surface area (Å²) in [6.45, 7) is 0. The topological polar surface area (TPSA) is 101 Å². The van der Waals surface area contributed by atoms with Crippen LogP contribution in [-0.4, -0.2) is 10.3 Å². The highest BCUT2D eigenvalue weighted by Crippen LogP contribution is 2.17. The van der Waals surface area contributed by atoms with E-state index < -0.39 is 28.2 Å². The molecular formula is C6H6F3N3O3. The Morgan fingerprint density at radius 2 is 1.87 bits per heavy atom. The van der Waals surface area contributed by atoms with Gasteiger partial charge in [0.05, 0.1) is 5.69 Å². The quantitative estimate of drug-likeness (QED) is 0.287. The number of nitrogens with two attached hydrogens (primary N) is 1. The van der Waals surface area contributed by atoms with E-state index in [1.54, 1.807) is 0 Å². The second kappa shape index (κ2) is 5.65. The van der Waals surface area contributed by atoms with Crippen LogP contribution < -0.4 is 11.3 Å². The van der Waals surface area contributed by atoms with Gasteiger partial charge in [0.1, 0.15) is 5.82 Å². The molecule has 0 saturated heterocycles. The predicted octanol–water partition coefficient (Wildman–Crippen LogP) is 1.04. The fraction of sp³-hybridized carbons (Fsp3) is 0. The molecule has 0 radical (unpaired) electrons. The first-order valence-electron chi connectivity index (χ1n) is 3.33. The van der Waals surface area contributed by atoms with Crippen molar-refractivity contribution < 1.29 is 23.5 Å². The second-order valence-corrected chi connectivity index (χ2v) is 2.13. The van der Waals surface area contributed by atoms with Gasteiger partial charge in [0.15, 0.2) is 11.6 Å². The van der Waals surface area contributed by atoms with Crippen LogP contribution in [0, 0.1) is 27.6 Å². The Kier molecular flexibility index (Phi) is 4.88. The highest BCUT2D eigenvalue weighted by molar-refractivity contribution is 5.43. The van der Waals surface area contributed by atoms with E-state index in [4.69, 9.17) is 21.2 Å². The van der Waals surface area contributed by atoms with Crippen molar-refractivity contribution in [3.8, 4) is 0 Å². The fourth-order valence-corrected chi connectivity index (χ4v) is 0.661. The van der Waals surface area contributed by atoms with Crippen LogP contribution in [-0.2, 0) is 0 Å². The number of nitrogens with one attached hydrogen (secondary N) is 1. The van der Waals surface area contributed by atoms with E-state index in [9.17, 15) is 13.2 Å². The maximum Gasteiger partial charge on any atom is 0.291 e. The maximum absolute atomic E-state index is 12.5. The lowest BCUT2D eigenvalue weighted by atomic mass is 10.3. The molecule has 1 rings (SSSR count). The highest BCUT2D eigenvalue weighted by Gasteiger charge is 2.08. The zero-order valence-corrected chi connectivity index (χ0v) is 7.08. The Morgan fingerprint density at radius 1 is 1.40 bits per heavy atom. The number of hydrazine groups is 1. The van der Waals surface area contributed by atoms with Crippen molar-refractivity contribution in [2.24, 2.45) is 5.84 Å². The maximum atomic E-state index is 12.5. The Morgan fingerprint density at radius 3 is 2.27 bits per heavy atom. The Labute approximate surface area is 81.2 Å². The van der Waals surface area contributed by atoms with Crippen molar-refractivity contribution in [1.82, 2.24) is 0 Å². The molecule has 0 spiro atoms. The Hall–Kier alpha value is -2.03. The monoisotopic (exact) mass is 225 g/mol. The van der Waals surface area contributed by atoms with Crippen molar-refractivity contribution in [2.45, 2.75) is 0 Å². The summed E-state index contributed by atoms with van der Waals surface area (Å²) >= 11 is 0. The van der Waals surface area contributed by atoms with E-state index in [1.165, 1.54) is 0 Å². The summed E-state index contributed by atoms with van der Waals surface area (Å²) in [6.07, 6.45) is 0. The van der Waals surface area contributed by atoms with Crippen LogP contribution in [0.1, 0.15) is 0 Å². The van der Waals surface area contributed by atoms with E-state index >= 15 is 0 Å². The lowest BCUT2D eigenvalue weighted by Gasteiger charge is -2.01. The van der Waals surface area contributed by atoms with Gasteiger partial charge in [-0.05, 0) is 0 Å². The molecule has 0 aliphatic carbocycles. The number of rotatable bonds is 1. The van der Waals surface area contributed by atoms with Crippen molar-refractivity contribution >= 4 is 5.69 Å². The summed E-state index contributed by atoms with van der Waals surface area (Å²) in [5, 5.41) is 13.6. The summed E-state index contributed by atoms with van der Waals surface area (Å²) in [5.41, 5.74) is 1.42. The highest BCUT2D eigenvalue weighted by atomic mass is 19.2. The molecule has 0 aromatic heterocycles. The van der Waals surface area contributed by atoms with Gasteiger partial charge in [-0.2, -0.15) is 0 Å². The van der Waals surface area contributed by atoms with E-state index in [0.717, 1.165) is 6.07 Å². The molecule has 84 valence electrons. The van der Waals surface area contributed by atoms with Crippen molar-refractivity contribution in [2.75, 3.05) is 5.43 Å². The van der Waals surface area contributed by atoms with E-state index in [-0.39, 0.29) is 0 Å². The van der Waals surface area contributed by atoms with E-state index in [2.05, 4.69) is 0 Å². The van der Waals surface area contributed by atoms with Crippen molar-refractivity contribution in [1.29, 1.82) is 0 Å². The molecule has 0 bridgehead atoms. The third-order valence-electron chi connectivity index (χ3n) is 1.15. The normalized spacial score (nSPS) is 8.80. The van der Waals surface area contributed by atoms with Crippen LogP contribution in [0.25, 0.3) is 0 Å². The number of benzene rings is 1. The first-order chi connectivity index (χ1) is 6.88. The molecule has 1 aromatic carbocycles.